The molecule has 31 heavy (non-hydrogen) atoms. The molecule has 1 atom stereocenters. The Hall–Kier alpha value is -1.67. The summed E-state index contributed by atoms with van der Waals surface area (Å²) in [4.78, 5) is 6.96. The average molecular weight is 536 g/mol. The van der Waals surface area contributed by atoms with E-state index >= 15 is 0 Å². The van der Waals surface area contributed by atoms with E-state index in [0.717, 1.165) is 57.0 Å². The molecule has 1 unspecified atom stereocenters. The Labute approximate surface area is 202 Å². The fraction of sp³-hybridized carbons (Fsp3) is 0.480. The Morgan fingerprint density at radius 1 is 1.13 bits per heavy atom. The molecule has 2 fully saturated rings. The average Bonchev–Trinajstić information content (AvgIpc) is 3.44. The largest absolute Gasteiger partial charge is 0.356 e. The minimum atomic E-state index is -0.153. The van der Waals surface area contributed by atoms with Crippen molar-refractivity contribution in [2.75, 3.05) is 39.8 Å². The van der Waals surface area contributed by atoms with Crippen molar-refractivity contribution >= 4 is 29.9 Å². The molecule has 1 aliphatic heterocycles. The van der Waals surface area contributed by atoms with Gasteiger partial charge < -0.3 is 15.5 Å². The molecule has 168 valence electrons. The zero-order valence-electron chi connectivity index (χ0n) is 18.3. The lowest BCUT2D eigenvalue weighted by molar-refractivity contribution is 0.328. The van der Waals surface area contributed by atoms with Gasteiger partial charge in [0, 0.05) is 38.6 Å². The highest BCUT2D eigenvalue weighted by molar-refractivity contribution is 14.0. The number of aliphatic imine (C=N–C) groups is 1. The highest BCUT2D eigenvalue weighted by Crippen LogP contribution is 2.47. The Balaban J connectivity index is 0.00000272. The molecule has 1 saturated carbocycles. The van der Waals surface area contributed by atoms with Crippen LogP contribution in [-0.2, 0) is 11.8 Å². The Bertz CT molecular complexity index is 854. The lowest BCUT2D eigenvalue weighted by atomic mass is 9.96. The summed E-state index contributed by atoms with van der Waals surface area (Å²) in [5.74, 6) is 1.34. The van der Waals surface area contributed by atoms with Crippen molar-refractivity contribution in [1.29, 1.82) is 0 Å². The van der Waals surface area contributed by atoms with Crippen molar-refractivity contribution in [2.24, 2.45) is 10.9 Å². The van der Waals surface area contributed by atoms with E-state index in [9.17, 15) is 4.39 Å². The van der Waals surface area contributed by atoms with Crippen LogP contribution in [0.3, 0.4) is 0 Å². The maximum absolute atomic E-state index is 13.6. The smallest absolute Gasteiger partial charge is 0.191 e. The summed E-state index contributed by atoms with van der Waals surface area (Å²) in [5, 5.41) is 6.98. The lowest BCUT2D eigenvalue weighted by Gasteiger charge is -2.20. The van der Waals surface area contributed by atoms with Gasteiger partial charge in [-0.05, 0) is 61.4 Å². The predicted molar refractivity (Wildman–Crippen MR) is 137 cm³/mol. The van der Waals surface area contributed by atoms with E-state index in [1.54, 1.807) is 12.1 Å². The molecule has 2 aromatic rings. The first-order chi connectivity index (χ1) is 14.7. The molecule has 0 spiro atoms. The van der Waals surface area contributed by atoms with Crippen molar-refractivity contribution in [3.05, 3.63) is 71.5 Å². The third kappa shape index (κ3) is 6.65. The molecule has 0 bridgehead atoms. The zero-order chi connectivity index (χ0) is 20.8. The highest BCUT2D eigenvalue weighted by Gasteiger charge is 2.44. The molecule has 0 aromatic heterocycles. The van der Waals surface area contributed by atoms with E-state index in [-0.39, 0.29) is 35.2 Å². The zero-order valence-corrected chi connectivity index (χ0v) is 20.6. The maximum atomic E-state index is 13.6. The second-order valence-corrected chi connectivity index (χ2v) is 8.79. The fourth-order valence-corrected chi connectivity index (χ4v) is 4.47. The van der Waals surface area contributed by atoms with E-state index < -0.39 is 0 Å². The number of likely N-dealkylation sites (tertiary alicyclic amines) is 1. The minimum Gasteiger partial charge on any atom is -0.356 e. The molecular weight excluding hydrogens is 502 g/mol. The van der Waals surface area contributed by atoms with Crippen LogP contribution in [0, 0.1) is 11.7 Å². The van der Waals surface area contributed by atoms with Crippen LogP contribution in [0.2, 0.25) is 0 Å². The molecular formula is C25H34FIN4. The topological polar surface area (TPSA) is 39.7 Å². The third-order valence-corrected chi connectivity index (χ3v) is 6.60. The van der Waals surface area contributed by atoms with Crippen LogP contribution in [0.15, 0.2) is 59.6 Å². The van der Waals surface area contributed by atoms with Gasteiger partial charge in [-0.15, -0.1) is 24.0 Å². The summed E-state index contributed by atoms with van der Waals surface area (Å²) in [6.45, 7) is 5.18. The van der Waals surface area contributed by atoms with Gasteiger partial charge in [-0.3, -0.25) is 4.99 Å². The number of guanidine groups is 1. The van der Waals surface area contributed by atoms with Crippen LogP contribution in [0.25, 0.3) is 0 Å². The SMILES string of the molecule is CN=C(NCC1CCN(CCc2ccccc2)C1)NCC1(c2cccc(F)c2)CC1.I. The molecule has 2 aliphatic rings. The number of hydrogen-bond acceptors (Lipinski definition) is 2. The molecule has 2 aromatic carbocycles. The van der Waals surface area contributed by atoms with Crippen molar-refractivity contribution in [1.82, 2.24) is 15.5 Å². The Morgan fingerprint density at radius 2 is 1.94 bits per heavy atom. The van der Waals surface area contributed by atoms with Gasteiger partial charge in [0.1, 0.15) is 5.82 Å². The Kier molecular flexibility index (Phi) is 8.72. The van der Waals surface area contributed by atoms with Gasteiger partial charge in [0.2, 0.25) is 0 Å². The van der Waals surface area contributed by atoms with E-state index in [1.165, 1.54) is 24.6 Å². The van der Waals surface area contributed by atoms with Gasteiger partial charge in [0.25, 0.3) is 0 Å². The molecule has 0 radical (unpaired) electrons. The van der Waals surface area contributed by atoms with Gasteiger partial charge in [0.15, 0.2) is 5.96 Å². The van der Waals surface area contributed by atoms with Crippen molar-refractivity contribution < 1.29 is 4.39 Å². The van der Waals surface area contributed by atoms with E-state index in [4.69, 9.17) is 0 Å². The molecule has 4 nitrogen and oxygen atoms in total. The summed E-state index contributed by atoms with van der Waals surface area (Å²) in [6.07, 6.45) is 4.54. The van der Waals surface area contributed by atoms with E-state index in [0.29, 0.717) is 5.92 Å². The molecule has 6 heteroatoms. The maximum Gasteiger partial charge on any atom is 0.191 e. The summed E-state index contributed by atoms with van der Waals surface area (Å²) in [6, 6.07) is 17.8. The van der Waals surface area contributed by atoms with E-state index in [2.05, 4.69) is 50.9 Å². The summed E-state index contributed by atoms with van der Waals surface area (Å²) in [5.41, 5.74) is 2.56. The minimum absolute atomic E-state index is 0. The number of nitrogens with one attached hydrogen (secondary N) is 2. The van der Waals surface area contributed by atoms with E-state index in [1.807, 2.05) is 13.1 Å². The first-order valence-corrected chi connectivity index (χ1v) is 11.1. The van der Waals surface area contributed by atoms with Gasteiger partial charge in [-0.1, -0.05) is 42.5 Å². The van der Waals surface area contributed by atoms with Crippen LogP contribution >= 0.6 is 24.0 Å². The van der Waals surface area contributed by atoms with Crippen LogP contribution in [0.4, 0.5) is 4.39 Å². The molecule has 0 amide bonds. The van der Waals surface area contributed by atoms with Gasteiger partial charge in [-0.2, -0.15) is 0 Å². The Morgan fingerprint density at radius 3 is 2.65 bits per heavy atom. The fourth-order valence-electron chi connectivity index (χ4n) is 4.47. The van der Waals surface area contributed by atoms with Crippen LogP contribution < -0.4 is 10.6 Å². The molecule has 4 rings (SSSR count). The normalized spacial score (nSPS) is 20.2. The third-order valence-electron chi connectivity index (χ3n) is 6.60. The number of benzene rings is 2. The second kappa shape index (κ2) is 11.3. The number of halogens is 2. The second-order valence-electron chi connectivity index (χ2n) is 8.79. The summed E-state index contributed by atoms with van der Waals surface area (Å²) in [7, 11) is 1.82. The van der Waals surface area contributed by atoms with Gasteiger partial charge in [0.05, 0.1) is 0 Å². The molecule has 2 N–H and O–H groups in total. The highest BCUT2D eigenvalue weighted by atomic mass is 127. The lowest BCUT2D eigenvalue weighted by Crippen LogP contribution is -2.43. The quantitative estimate of drug-likeness (QED) is 0.302. The summed E-state index contributed by atoms with van der Waals surface area (Å²) < 4.78 is 13.6. The molecule has 1 aliphatic carbocycles. The van der Waals surface area contributed by atoms with Crippen molar-refractivity contribution in [3.8, 4) is 0 Å². The van der Waals surface area contributed by atoms with Crippen LogP contribution in [0.5, 0.6) is 0 Å². The predicted octanol–water partition coefficient (Wildman–Crippen LogP) is 4.20. The number of hydrogen-bond donors (Lipinski definition) is 2. The van der Waals surface area contributed by atoms with Crippen LogP contribution in [0.1, 0.15) is 30.4 Å². The number of rotatable bonds is 8. The monoisotopic (exact) mass is 536 g/mol. The first-order valence-electron chi connectivity index (χ1n) is 11.1. The number of nitrogens with zero attached hydrogens (tertiary/aromatic N) is 2. The molecule has 1 saturated heterocycles. The van der Waals surface area contributed by atoms with Crippen molar-refractivity contribution in [3.63, 3.8) is 0 Å². The van der Waals surface area contributed by atoms with Crippen molar-refractivity contribution in [2.45, 2.75) is 31.1 Å². The van der Waals surface area contributed by atoms with Crippen LogP contribution in [-0.4, -0.2) is 50.6 Å². The van der Waals surface area contributed by atoms with Gasteiger partial charge in [-0.25, -0.2) is 4.39 Å². The molecule has 1 heterocycles. The first kappa shape index (κ1) is 24.0. The van der Waals surface area contributed by atoms with Gasteiger partial charge >= 0.3 is 0 Å². The standard InChI is InChI=1S/C25H33FN4.HI/c1-27-24(29-19-25(12-13-25)22-8-5-9-23(26)16-22)28-17-21-11-15-30(18-21)14-10-20-6-3-2-4-7-20;/h2-9,16,21H,10-15,17-19H2,1H3,(H2,27,28,29);1H. The summed E-state index contributed by atoms with van der Waals surface area (Å²) >= 11 is 0.